The molecule has 0 saturated heterocycles. The number of anilines is 3. The van der Waals surface area contributed by atoms with E-state index in [-0.39, 0.29) is 0 Å². The Morgan fingerprint density at radius 3 is 1.77 bits per heavy atom. The second-order valence-corrected chi connectivity index (χ2v) is 15.4. The van der Waals surface area contributed by atoms with E-state index in [1.54, 1.807) is 0 Å². The van der Waals surface area contributed by atoms with Crippen molar-refractivity contribution >= 4 is 70.5 Å². The van der Waals surface area contributed by atoms with Gasteiger partial charge < -0.3 is 9.32 Å². The van der Waals surface area contributed by atoms with Gasteiger partial charge in [-0.3, -0.25) is 0 Å². The number of fused-ring (bicyclic) bond motifs is 6. The lowest BCUT2D eigenvalue weighted by atomic mass is 9.87. The molecule has 0 radical (unpaired) electrons. The third-order valence-corrected chi connectivity index (χ3v) is 12.3. The molecule has 0 fully saturated rings. The largest absolute Gasteiger partial charge is 0.454 e. The quantitative estimate of drug-likeness (QED) is 0.162. The van der Waals surface area contributed by atoms with Crippen molar-refractivity contribution in [2.45, 2.75) is 0 Å². The van der Waals surface area contributed by atoms with Crippen LogP contribution < -0.4 is 4.90 Å². The second kappa shape index (κ2) is 13.8. The summed E-state index contributed by atoms with van der Waals surface area (Å²) in [7, 11) is 0. The molecule has 0 unspecified atom stereocenters. The van der Waals surface area contributed by atoms with Crippen LogP contribution in [0.3, 0.4) is 0 Å². The lowest BCUT2D eigenvalue weighted by molar-refractivity contribution is 0.669. The van der Waals surface area contributed by atoms with Crippen molar-refractivity contribution < 1.29 is 4.42 Å². The van der Waals surface area contributed by atoms with Crippen LogP contribution >= 0.6 is 11.3 Å². The molecule has 11 aromatic rings. The molecular formula is C54H35NOS. The highest BCUT2D eigenvalue weighted by molar-refractivity contribution is 7.26. The number of nitrogens with zero attached hydrogens (tertiary/aromatic N) is 1. The van der Waals surface area contributed by atoms with Crippen LogP contribution in [0.25, 0.3) is 86.6 Å². The van der Waals surface area contributed by atoms with Crippen LogP contribution in [0.15, 0.2) is 217 Å². The minimum absolute atomic E-state index is 0.850. The number of thiophene rings is 1. The van der Waals surface area contributed by atoms with E-state index in [0.29, 0.717) is 0 Å². The van der Waals surface area contributed by atoms with Crippen molar-refractivity contribution in [2.24, 2.45) is 0 Å². The summed E-state index contributed by atoms with van der Waals surface area (Å²) in [4.78, 5) is 2.42. The molecule has 0 aliphatic carbocycles. The first kappa shape index (κ1) is 33.2. The summed E-state index contributed by atoms with van der Waals surface area (Å²) >= 11 is 1.86. The van der Waals surface area contributed by atoms with Crippen LogP contribution in [0.5, 0.6) is 0 Å². The van der Waals surface area contributed by atoms with Crippen LogP contribution in [0.4, 0.5) is 17.1 Å². The number of hydrogen-bond acceptors (Lipinski definition) is 3. The Bertz CT molecular complexity index is 3250. The van der Waals surface area contributed by atoms with E-state index in [2.05, 4.69) is 211 Å². The van der Waals surface area contributed by atoms with Gasteiger partial charge in [0.1, 0.15) is 5.58 Å². The number of hydrogen-bond donors (Lipinski definition) is 0. The first-order chi connectivity index (χ1) is 28.3. The van der Waals surface area contributed by atoms with Gasteiger partial charge in [0.05, 0.1) is 11.4 Å². The first-order valence-electron chi connectivity index (χ1n) is 19.3. The highest BCUT2D eigenvalue weighted by atomic mass is 32.1. The maximum Gasteiger partial charge on any atom is 0.159 e. The van der Waals surface area contributed by atoms with Gasteiger partial charge in [0.2, 0.25) is 0 Å². The zero-order valence-corrected chi connectivity index (χ0v) is 31.8. The molecule has 0 aliphatic rings. The maximum atomic E-state index is 6.83. The van der Waals surface area contributed by atoms with Crippen molar-refractivity contribution in [3.05, 3.63) is 212 Å². The maximum absolute atomic E-state index is 6.83. The van der Waals surface area contributed by atoms with E-state index in [1.165, 1.54) is 36.9 Å². The van der Waals surface area contributed by atoms with Gasteiger partial charge in [-0.1, -0.05) is 176 Å². The highest BCUT2D eigenvalue weighted by Gasteiger charge is 2.26. The summed E-state index contributed by atoms with van der Waals surface area (Å²) in [5.41, 5.74) is 14.2. The standard InChI is InChI=1S/C54H35NOS/c1-3-17-36(18-4-1)40-23-7-8-26-45(40)52-41(37-19-5-2-6-20-37)27-15-31-48(52)55(49-32-16-29-46-43-24-9-11-33-50(43)56-53(46)49)39-22-13-21-38(35-39)42-28-14-30-47-44-25-10-12-34-51(44)57-54(42)47/h1-35H. The third kappa shape index (κ3) is 5.63. The predicted molar refractivity (Wildman–Crippen MR) is 243 cm³/mol. The molecule has 268 valence electrons. The average molecular weight is 746 g/mol. The van der Waals surface area contributed by atoms with Gasteiger partial charge in [-0.25, -0.2) is 0 Å². The van der Waals surface area contributed by atoms with E-state index in [9.17, 15) is 0 Å². The fourth-order valence-corrected chi connectivity index (χ4v) is 9.78. The van der Waals surface area contributed by atoms with Crippen molar-refractivity contribution in [1.29, 1.82) is 0 Å². The SMILES string of the molecule is c1ccc(-c2ccccc2-c2c(-c3ccccc3)cccc2N(c2cccc(-c3cccc4c3sc3ccccc34)c2)c2cccc3c2oc2ccccc23)cc1. The molecule has 0 spiro atoms. The predicted octanol–water partition coefficient (Wildman–Crippen LogP) is 16.1. The summed E-state index contributed by atoms with van der Waals surface area (Å²) in [6.07, 6.45) is 0. The monoisotopic (exact) mass is 745 g/mol. The van der Waals surface area contributed by atoms with E-state index >= 15 is 0 Å². The Morgan fingerprint density at radius 2 is 0.930 bits per heavy atom. The lowest BCUT2D eigenvalue weighted by Crippen LogP contribution is -2.12. The highest BCUT2D eigenvalue weighted by Crippen LogP contribution is 2.50. The number of benzene rings is 9. The molecule has 9 aromatic carbocycles. The molecule has 0 atom stereocenters. The number of rotatable bonds is 7. The van der Waals surface area contributed by atoms with Gasteiger partial charge in [0, 0.05) is 42.2 Å². The topological polar surface area (TPSA) is 16.4 Å². The molecule has 3 heteroatoms. The third-order valence-electron chi connectivity index (χ3n) is 11.1. The average Bonchev–Trinajstić information content (AvgIpc) is 3.86. The van der Waals surface area contributed by atoms with Crippen LogP contribution in [-0.2, 0) is 0 Å². The Hall–Kier alpha value is -7.20. The Labute approximate surface area is 335 Å². The second-order valence-electron chi connectivity index (χ2n) is 14.4. The summed E-state index contributed by atoms with van der Waals surface area (Å²) < 4.78 is 9.42. The molecule has 2 aromatic heterocycles. The van der Waals surface area contributed by atoms with Crippen molar-refractivity contribution in [3.8, 4) is 44.5 Å². The lowest BCUT2D eigenvalue weighted by Gasteiger charge is -2.30. The molecule has 0 aliphatic heterocycles. The number of para-hydroxylation sites is 2. The van der Waals surface area contributed by atoms with Crippen molar-refractivity contribution in [1.82, 2.24) is 0 Å². The van der Waals surface area contributed by atoms with Gasteiger partial charge >= 0.3 is 0 Å². The molecule has 0 amide bonds. The minimum atomic E-state index is 0.850. The molecule has 2 heterocycles. The molecule has 0 bridgehead atoms. The van der Waals surface area contributed by atoms with E-state index in [1.807, 2.05) is 17.4 Å². The van der Waals surface area contributed by atoms with Gasteiger partial charge in [0.25, 0.3) is 0 Å². The van der Waals surface area contributed by atoms with Crippen LogP contribution in [0.1, 0.15) is 0 Å². The molecule has 0 N–H and O–H groups in total. The normalized spacial score (nSPS) is 11.5. The smallest absolute Gasteiger partial charge is 0.159 e. The molecule has 2 nitrogen and oxygen atoms in total. The van der Waals surface area contributed by atoms with Crippen LogP contribution in [-0.4, -0.2) is 0 Å². The Kier molecular flexibility index (Phi) is 8.04. The zero-order chi connectivity index (χ0) is 37.7. The van der Waals surface area contributed by atoms with Gasteiger partial charge in [-0.15, -0.1) is 11.3 Å². The molecule has 57 heavy (non-hydrogen) atoms. The zero-order valence-electron chi connectivity index (χ0n) is 31.0. The summed E-state index contributed by atoms with van der Waals surface area (Å²) in [6.45, 7) is 0. The summed E-state index contributed by atoms with van der Waals surface area (Å²) in [5.74, 6) is 0. The van der Waals surface area contributed by atoms with Gasteiger partial charge in [-0.2, -0.15) is 0 Å². The molecule has 0 saturated carbocycles. The van der Waals surface area contributed by atoms with Crippen LogP contribution in [0.2, 0.25) is 0 Å². The van der Waals surface area contributed by atoms with E-state index < -0.39 is 0 Å². The van der Waals surface area contributed by atoms with Gasteiger partial charge in [0.15, 0.2) is 5.58 Å². The summed E-state index contributed by atoms with van der Waals surface area (Å²) in [5, 5.41) is 4.78. The summed E-state index contributed by atoms with van der Waals surface area (Å²) in [6, 6.07) is 76.4. The fraction of sp³-hybridized carbons (Fsp3) is 0. The fourth-order valence-electron chi connectivity index (χ4n) is 8.54. The Morgan fingerprint density at radius 1 is 0.368 bits per heavy atom. The minimum Gasteiger partial charge on any atom is -0.454 e. The van der Waals surface area contributed by atoms with Crippen molar-refractivity contribution in [3.63, 3.8) is 0 Å². The Balaban J connectivity index is 1.22. The number of furan rings is 1. The van der Waals surface area contributed by atoms with Crippen LogP contribution in [0, 0.1) is 0 Å². The van der Waals surface area contributed by atoms with E-state index in [0.717, 1.165) is 66.8 Å². The van der Waals surface area contributed by atoms with Crippen molar-refractivity contribution in [2.75, 3.05) is 4.90 Å². The van der Waals surface area contributed by atoms with Gasteiger partial charge in [-0.05, 0) is 75.3 Å². The molecular weight excluding hydrogens is 711 g/mol. The first-order valence-corrected chi connectivity index (χ1v) is 20.2. The van der Waals surface area contributed by atoms with E-state index in [4.69, 9.17) is 4.42 Å². The molecule has 11 rings (SSSR count).